The molecular formula is C21H26O10. The summed E-state index contributed by atoms with van der Waals surface area (Å²) in [6.07, 6.45) is -2.44. The maximum Gasteiger partial charge on any atom is 0.382 e. The lowest BCUT2D eigenvalue weighted by Gasteiger charge is -2.39. The first kappa shape index (κ1) is 21.8. The van der Waals surface area contributed by atoms with Crippen LogP contribution < -0.4 is 15.1 Å². The summed E-state index contributed by atoms with van der Waals surface area (Å²) in [6.45, 7) is -0.585. The second-order valence-corrected chi connectivity index (χ2v) is 7.92. The van der Waals surface area contributed by atoms with Crippen molar-refractivity contribution in [2.24, 2.45) is 0 Å². The quantitative estimate of drug-likeness (QED) is 0.413. The first-order chi connectivity index (χ1) is 14.9. The number of aliphatic hydroxyl groups excluding tert-OH is 4. The van der Waals surface area contributed by atoms with Crippen LogP contribution in [0, 0.1) is 0 Å². The van der Waals surface area contributed by atoms with Crippen molar-refractivity contribution in [3.8, 4) is 17.2 Å². The zero-order chi connectivity index (χ0) is 22.1. The summed E-state index contributed by atoms with van der Waals surface area (Å²) in [5, 5.41) is 49.8. The van der Waals surface area contributed by atoms with E-state index in [0.29, 0.717) is 5.39 Å². The van der Waals surface area contributed by atoms with Gasteiger partial charge in [0, 0.05) is 6.07 Å². The Hall–Kier alpha value is -2.37. The molecule has 0 unspecified atom stereocenters. The van der Waals surface area contributed by atoms with Crippen molar-refractivity contribution >= 4 is 11.0 Å². The number of fused-ring (bicyclic) bond motifs is 1. The summed E-state index contributed by atoms with van der Waals surface area (Å²) in [5.74, 6) is -0.410. The predicted octanol–water partition coefficient (Wildman–Crippen LogP) is 0.389. The molecule has 0 amide bonds. The Kier molecular flexibility index (Phi) is 6.35. The van der Waals surface area contributed by atoms with Crippen LogP contribution in [0.5, 0.6) is 17.2 Å². The minimum absolute atomic E-state index is 0.0533. The number of aliphatic hydroxyl groups is 4. The van der Waals surface area contributed by atoms with Crippen molar-refractivity contribution in [2.75, 3.05) is 6.61 Å². The third kappa shape index (κ3) is 4.35. The lowest BCUT2D eigenvalue weighted by Crippen LogP contribution is -2.60. The molecule has 10 heteroatoms. The van der Waals surface area contributed by atoms with Crippen LogP contribution in [0.1, 0.15) is 32.1 Å². The number of aromatic hydroxyl groups is 1. The van der Waals surface area contributed by atoms with Gasteiger partial charge in [0.25, 0.3) is 0 Å². The maximum atomic E-state index is 12.1. The van der Waals surface area contributed by atoms with Crippen molar-refractivity contribution in [3.05, 3.63) is 28.6 Å². The molecule has 2 heterocycles. The van der Waals surface area contributed by atoms with Crippen molar-refractivity contribution in [3.63, 3.8) is 0 Å². The monoisotopic (exact) mass is 438 g/mol. The molecule has 2 aliphatic rings. The van der Waals surface area contributed by atoms with Gasteiger partial charge in [-0.3, -0.25) is 0 Å². The molecule has 0 spiro atoms. The van der Waals surface area contributed by atoms with Crippen LogP contribution in [0.4, 0.5) is 0 Å². The van der Waals surface area contributed by atoms with E-state index in [1.54, 1.807) is 0 Å². The Balaban J connectivity index is 1.61. The average Bonchev–Trinajstić information content (AvgIpc) is 2.78. The zero-order valence-electron chi connectivity index (χ0n) is 16.7. The minimum Gasteiger partial charge on any atom is -0.499 e. The highest BCUT2D eigenvalue weighted by Gasteiger charge is 2.44. The van der Waals surface area contributed by atoms with Gasteiger partial charge in [0.05, 0.1) is 18.1 Å². The fourth-order valence-electron chi connectivity index (χ4n) is 3.98. The molecule has 1 aliphatic carbocycles. The highest BCUT2D eigenvalue weighted by Crippen LogP contribution is 2.36. The molecule has 0 radical (unpaired) electrons. The normalized spacial score (nSPS) is 29.7. The van der Waals surface area contributed by atoms with Gasteiger partial charge in [0.15, 0.2) is 5.75 Å². The SMILES string of the molecule is O=c1oc2cc(O[C@@H]3O[C@H](CO)[C@@H](O)[C@H](O)[C@@H]3O)ccc2c(OC2CCCCC2)c1O. The second kappa shape index (κ2) is 9.01. The van der Waals surface area contributed by atoms with Crippen molar-refractivity contribution in [1.29, 1.82) is 0 Å². The third-order valence-electron chi connectivity index (χ3n) is 5.75. The number of rotatable bonds is 5. The molecule has 5 N–H and O–H groups in total. The van der Waals surface area contributed by atoms with E-state index < -0.39 is 48.7 Å². The summed E-state index contributed by atoms with van der Waals surface area (Å²) in [7, 11) is 0. The molecule has 1 aliphatic heterocycles. The zero-order valence-corrected chi connectivity index (χ0v) is 16.7. The van der Waals surface area contributed by atoms with Gasteiger partial charge in [-0.05, 0) is 37.8 Å². The molecule has 5 atom stereocenters. The molecule has 2 fully saturated rings. The number of hydrogen-bond donors (Lipinski definition) is 5. The molecule has 2 aromatic rings. The molecule has 10 nitrogen and oxygen atoms in total. The molecule has 0 bridgehead atoms. The van der Waals surface area contributed by atoms with Crippen molar-refractivity contribution in [2.45, 2.75) is 68.9 Å². The van der Waals surface area contributed by atoms with Crippen LogP contribution in [0.15, 0.2) is 27.4 Å². The Morgan fingerprint density at radius 2 is 1.74 bits per heavy atom. The summed E-state index contributed by atoms with van der Waals surface area (Å²) in [6, 6.07) is 4.40. The summed E-state index contributed by atoms with van der Waals surface area (Å²) in [4.78, 5) is 12.1. The van der Waals surface area contributed by atoms with Crippen molar-refractivity contribution < 1.29 is 44.2 Å². The average molecular weight is 438 g/mol. The summed E-state index contributed by atoms with van der Waals surface area (Å²) in [5.41, 5.74) is -0.862. The summed E-state index contributed by atoms with van der Waals surface area (Å²) < 4.78 is 22.0. The Labute approximate surface area is 177 Å². The molecule has 4 rings (SSSR count). The van der Waals surface area contributed by atoms with Crippen LogP contribution >= 0.6 is 0 Å². The van der Waals surface area contributed by atoms with E-state index >= 15 is 0 Å². The van der Waals surface area contributed by atoms with E-state index in [-0.39, 0.29) is 23.2 Å². The Bertz CT molecular complexity index is 965. The number of benzene rings is 1. The van der Waals surface area contributed by atoms with Gasteiger partial charge in [-0.2, -0.15) is 0 Å². The van der Waals surface area contributed by atoms with E-state index in [4.69, 9.17) is 18.6 Å². The molecule has 1 aromatic carbocycles. The van der Waals surface area contributed by atoms with Crippen LogP contribution in [0.3, 0.4) is 0 Å². The van der Waals surface area contributed by atoms with Crippen LogP contribution in [0.25, 0.3) is 11.0 Å². The lowest BCUT2D eigenvalue weighted by molar-refractivity contribution is -0.277. The van der Waals surface area contributed by atoms with Crippen LogP contribution in [-0.4, -0.2) is 68.9 Å². The number of ether oxygens (including phenoxy) is 3. The van der Waals surface area contributed by atoms with Gasteiger partial charge in [-0.15, -0.1) is 0 Å². The molecular weight excluding hydrogens is 412 g/mol. The van der Waals surface area contributed by atoms with Gasteiger partial charge in [-0.25, -0.2) is 4.79 Å². The third-order valence-corrected chi connectivity index (χ3v) is 5.75. The highest BCUT2D eigenvalue weighted by atomic mass is 16.7. The van der Waals surface area contributed by atoms with Gasteiger partial charge in [0.2, 0.25) is 12.0 Å². The first-order valence-corrected chi connectivity index (χ1v) is 10.3. The van der Waals surface area contributed by atoms with Crippen LogP contribution in [0.2, 0.25) is 0 Å². The van der Waals surface area contributed by atoms with E-state index in [9.17, 15) is 30.3 Å². The summed E-state index contributed by atoms with van der Waals surface area (Å²) >= 11 is 0. The largest absolute Gasteiger partial charge is 0.499 e. The molecule has 1 aromatic heterocycles. The van der Waals surface area contributed by atoms with Gasteiger partial charge < -0.3 is 44.2 Å². The molecule has 170 valence electrons. The van der Waals surface area contributed by atoms with Crippen LogP contribution in [-0.2, 0) is 4.74 Å². The Morgan fingerprint density at radius 3 is 2.45 bits per heavy atom. The smallest absolute Gasteiger partial charge is 0.382 e. The predicted molar refractivity (Wildman–Crippen MR) is 106 cm³/mol. The van der Waals surface area contributed by atoms with Gasteiger partial charge in [-0.1, -0.05) is 6.42 Å². The van der Waals surface area contributed by atoms with E-state index in [1.807, 2.05) is 0 Å². The second-order valence-electron chi connectivity index (χ2n) is 7.92. The van der Waals surface area contributed by atoms with E-state index in [0.717, 1.165) is 32.1 Å². The molecule has 1 saturated carbocycles. The fourth-order valence-corrected chi connectivity index (χ4v) is 3.98. The van der Waals surface area contributed by atoms with E-state index in [2.05, 4.69) is 0 Å². The number of hydrogen-bond acceptors (Lipinski definition) is 10. The lowest BCUT2D eigenvalue weighted by atomic mass is 9.98. The minimum atomic E-state index is -1.58. The van der Waals surface area contributed by atoms with Gasteiger partial charge >= 0.3 is 5.63 Å². The standard InChI is InChI=1S/C21H26O10/c22-9-14-15(23)16(24)17(25)21(31-14)29-11-6-7-12-13(8-11)30-20(27)18(26)19(12)28-10-4-2-1-3-5-10/h6-8,10,14-17,21-26H,1-5,9H2/t14-,15-,16+,17+,21-/m1/s1. The fraction of sp³-hybridized carbons (Fsp3) is 0.571. The van der Waals surface area contributed by atoms with Crippen molar-refractivity contribution in [1.82, 2.24) is 0 Å². The Morgan fingerprint density at radius 1 is 1.00 bits per heavy atom. The maximum absolute atomic E-state index is 12.1. The topological polar surface area (TPSA) is 159 Å². The molecule has 31 heavy (non-hydrogen) atoms. The van der Waals surface area contributed by atoms with Gasteiger partial charge in [0.1, 0.15) is 35.7 Å². The highest BCUT2D eigenvalue weighted by molar-refractivity contribution is 5.86. The van der Waals surface area contributed by atoms with E-state index in [1.165, 1.54) is 18.2 Å². The molecule has 1 saturated heterocycles. The first-order valence-electron chi connectivity index (χ1n) is 10.3.